The SMILES string of the molecule is COC(=O)c1ccccc1Nc1nc(C)cc(C(=O)NC(C)(C)C)n1. The molecular weight excluding hydrogens is 320 g/mol. The van der Waals surface area contributed by atoms with Gasteiger partial charge in [-0.2, -0.15) is 0 Å². The van der Waals surface area contributed by atoms with Gasteiger partial charge in [-0.15, -0.1) is 0 Å². The summed E-state index contributed by atoms with van der Waals surface area (Å²) in [5.41, 5.74) is 1.37. The normalized spacial score (nSPS) is 10.9. The van der Waals surface area contributed by atoms with Crippen molar-refractivity contribution in [3.05, 3.63) is 47.3 Å². The number of benzene rings is 1. The number of ether oxygens (including phenoxy) is 1. The van der Waals surface area contributed by atoms with Crippen LogP contribution in [0.3, 0.4) is 0 Å². The zero-order chi connectivity index (χ0) is 18.6. The third-order valence-corrected chi connectivity index (χ3v) is 3.15. The first kappa shape index (κ1) is 18.4. The number of methoxy groups -OCH3 is 1. The second-order valence-electron chi connectivity index (χ2n) is 6.58. The molecule has 0 saturated heterocycles. The molecule has 1 aromatic carbocycles. The topological polar surface area (TPSA) is 93.2 Å². The number of hydrogen-bond acceptors (Lipinski definition) is 6. The predicted molar refractivity (Wildman–Crippen MR) is 95.1 cm³/mol. The number of rotatable bonds is 4. The molecule has 0 radical (unpaired) electrons. The van der Waals surface area contributed by atoms with Crippen LogP contribution in [0.5, 0.6) is 0 Å². The van der Waals surface area contributed by atoms with Crippen molar-refractivity contribution in [1.82, 2.24) is 15.3 Å². The number of carbonyl (C=O) groups is 2. The number of hydrogen-bond donors (Lipinski definition) is 2. The molecule has 0 fully saturated rings. The molecule has 132 valence electrons. The van der Waals surface area contributed by atoms with E-state index in [1.54, 1.807) is 37.3 Å². The summed E-state index contributed by atoms with van der Waals surface area (Å²) in [4.78, 5) is 32.7. The molecule has 0 unspecified atom stereocenters. The van der Waals surface area contributed by atoms with Gasteiger partial charge < -0.3 is 15.4 Å². The molecule has 7 heteroatoms. The van der Waals surface area contributed by atoms with Gasteiger partial charge in [-0.1, -0.05) is 12.1 Å². The molecule has 2 rings (SSSR count). The van der Waals surface area contributed by atoms with Crippen molar-refractivity contribution in [2.45, 2.75) is 33.2 Å². The molecule has 2 N–H and O–H groups in total. The maximum Gasteiger partial charge on any atom is 0.339 e. The summed E-state index contributed by atoms with van der Waals surface area (Å²) < 4.78 is 4.77. The minimum Gasteiger partial charge on any atom is -0.465 e. The third-order valence-electron chi connectivity index (χ3n) is 3.15. The van der Waals surface area contributed by atoms with Crippen molar-refractivity contribution in [3.63, 3.8) is 0 Å². The molecule has 0 atom stereocenters. The van der Waals surface area contributed by atoms with Crippen LogP contribution in [0.2, 0.25) is 0 Å². The highest BCUT2D eigenvalue weighted by atomic mass is 16.5. The van der Waals surface area contributed by atoms with E-state index in [1.807, 2.05) is 20.8 Å². The molecule has 2 aromatic rings. The Kier molecular flexibility index (Phi) is 5.36. The lowest BCUT2D eigenvalue weighted by atomic mass is 10.1. The number of aromatic nitrogens is 2. The fourth-order valence-electron chi connectivity index (χ4n) is 2.15. The summed E-state index contributed by atoms with van der Waals surface area (Å²) in [5.74, 6) is -0.529. The third kappa shape index (κ3) is 5.00. The Morgan fingerprint density at radius 2 is 1.80 bits per heavy atom. The molecule has 1 aromatic heterocycles. The largest absolute Gasteiger partial charge is 0.465 e. The average Bonchev–Trinajstić information content (AvgIpc) is 2.52. The minimum atomic E-state index is -0.471. The van der Waals surface area contributed by atoms with Gasteiger partial charge in [0.05, 0.1) is 18.4 Å². The van der Waals surface area contributed by atoms with Gasteiger partial charge in [-0.25, -0.2) is 14.8 Å². The maximum atomic E-state index is 12.3. The maximum absolute atomic E-state index is 12.3. The highest BCUT2D eigenvalue weighted by molar-refractivity contribution is 5.96. The Morgan fingerprint density at radius 1 is 1.12 bits per heavy atom. The van der Waals surface area contributed by atoms with E-state index >= 15 is 0 Å². The summed E-state index contributed by atoms with van der Waals surface area (Å²) in [5, 5.41) is 5.84. The van der Waals surface area contributed by atoms with Gasteiger partial charge in [-0.3, -0.25) is 4.79 Å². The quantitative estimate of drug-likeness (QED) is 0.830. The van der Waals surface area contributed by atoms with Crippen molar-refractivity contribution in [2.24, 2.45) is 0 Å². The summed E-state index contributed by atoms with van der Waals surface area (Å²) >= 11 is 0. The number of aryl methyl sites for hydroxylation is 1. The van der Waals surface area contributed by atoms with Crippen molar-refractivity contribution < 1.29 is 14.3 Å². The number of nitrogens with zero attached hydrogens (tertiary/aromatic N) is 2. The van der Waals surface area contributed by atoms with E-state index in [2.05, 4.69) is 20.6 Å². The number of para-hydroxylation sites is 1. The molecule has 0 saturated carbocycles. The number of nitrogens with one attached hydrogen (secondary N) is 2. The second kappa shape index (κ2) is 7.29. The van der Waals surface area contributed by atoms with Crippen molar-refractivity contribution in [3.8, 4) is 0 Å². The predicted octanol–water partition coefficient (Wildman–Crippen LogP) is 2.84. The molecule has 0 spiro atoms. The van der Waals surface area contributed by atoms with Crippen LogP contribution in [0.1, 0.15) is 47.3 Å². The van der Waals surface area contributed by atoms with Crippen LogP contribution >= 0.6 is 0 Å². The highest BCUT2D eigenvalue weighted by Gasteiger charge is 2.18. The van der Waals surface area contributed by atoms with Crippen molar-refractivity contribution in [1.29, 1.82) is 0 Å². The monoisotopic (exact) mass is 342 g/mol. The standard InChI is InChI=1S/C18H22N4O3/c1-11-10-14(15(23)22-18(2,3)4)21-17(19-11)20-13-9-7-6-8-12(13)16(24)25-5/h6-10H,1-5H3,(H,22,23)(H,19,20,21). The zero-order valence-corrected chi connectivity index (χ0v) is 15.0. The first-order chi connectivity index (χ1) is 11.7. The first-order valence-electron chi connectivity index (χ1n) is 7.82. The lowest BCUT2D eigenvalue weighted by molar-refractivity contribution is 0.0601. The van der Waals surface area contributed by atoms with Gasteiger partial charge in [0.15, 0.2) is 0 Å². The first-order valence-corrected chi connectivity index (χ1v) is 7.82. The van der Waals surface area contributed by atoms with Crippen LogP contribution < -0.4 is 10.6 Å². The Morgan fingerprint density at radius 3 is 2.44 bits per heavy atom. The van der Waals surface area contributed by atoms with Crippen LogP contribution in [0.25, 0.3) is 0 Å². The van der Waals surface area contributed by atoms with Crippen LogP contribution in [0.15, 0.2) is 30.3 Å². The molecule has 1 amide bonds. The Balaban J connectivity index is 2.33. The van der Waals surface area contributed by atoms with E-state index in [0.717, 1.165) is 0 Å². The van der Waals surface area contributed by atoms with Gasteiger partial charge in [0.1, 0.15) is 5.69 Å². The van der Waals surface area contributed by atoms with E-state index in [-0.39, 0.29) is 23.1 Å². The van der Waals surface area contributed by atoms with E-state index < -0.39 is 5.97 Å². The van der Waals surface area contributed by atoms with Gasteiger partial charge in [0.2, 0.25) is 5.95 Å². The summed E-state index contributed by atoms with van der Waals surface area (Å²) in [7, 11) is 1.32. The highest BCUT2D eigenvalue weighted by Crippen LogP contribution is 2.20. The number of carbonyl (C=O) groups excluding carboxylic acids is 2. The zero-order valence-electron chi connectivity index (χ0n) is 15.0. The van der Waals surface area contributed by atoms with Crippen molar-refractivity contribution in [2.75, 3.05) is 12.4 Å². The Hall–Kier alpha value is -2.96. The van der Waals surface area contributed by atoms with E-state index in [9.17, 15) is 9.59 Å². The molecule has 0 bridgehead atoms. The lowest BCUT2D eigenvalue weighted by Gasteiger charge is -2.20. The summed E-state index contributed by atoms with van der Waals surface area (Å²) in [6.07, 6.45) is 0. The average molecular weight is 342 g/mol. The van der Waals surface area contributed by atoms with Crippen LogP contribution in [0.4, 0.5) is 11.6 Å². The van der Waals surface area contributed by atoms with E-state index in [0.29, 0.717) is 16.9 Å². The van der Waals surface area contributed by atoms with Crippen LogP contribution in [-0.2, 0) is 4.74 Å². The summed E-state index contributed by atoms with van der Waals surface area (Å²) in [6.45, 7) is 7.45. The molecule has 25 heavy (non-hydrogen) atoms. The van der Waals surface area contributed by atoms with Gasteiger partial charge >= 0.3 is 5.97 Å². The van der Waals surface area contributed by atoms with E-state index in [4.69, 9.17) is 4.74 Å². The Bertz CT molecular complexity index is 797. The molecular formula is C18H22N4O3. The van der Waals surface area contributed by atoms with Crippen LogP contribution in [0, 0.1) is 6.92 Å². The van der Waals surface area contributed by atoms with Gasteiger partial charge in [0, 0.05) is 11.2 Å². The molecule has 0 aliphatic rings. The van der Waals surface area contributed by atoms with E-state index in [1.165, 1.54) is 7.11 Å². The smallest absolute Gasteiger partial charge is 0.339 e. The lowest BCUT2D eigenvalue weighted by Crippen LogP contribution is -2.41. The fraction of sp³-hybridized carbons (Fsp3) is 0.333. The molecule has 0 aliphatic heterocycles. The van der Waals surface area contributed by atoms with Gasteiger partial charge in [-0.05, 0) is 45.9 Å². The number of amides is 1. The van der Waals surface area contributed by atoms with Gasteiger partial charge in [0.25, 0.3) is 5.91 Å². The minimum absolute atomic E-state index is 0.232. The number of esters is 1. The molecule has 1 heterocycles. The second-order valence-corrected chi connectivity index (χ2v) is 6.58. The molecule has 7 nitrogen and oxygen atoms in total. The fourth-order valence-corrected chi connectivity index (χ4v) is 2.15. The van der Waals surface area contributed by atoms with Crippen LogP contribution in [-0.4, -0.2) is 34.5 Å². The van der Waals surface area contributed by atoms with Crippen molar-refractivity contribution >= 4 is 23.5 Å². The molecule has 0 aliphatic carbocycles. The summed E-state index contributed by atoms with van der Waals surface area (Å²) in [6, 6.07) is 8.47. The Labute approximate surface area is 146 Å². The number of anilines is 2.